The highest BCUT2D eigenvalue weighted by Gasteiger charge is 2.13. The molecule has 0 fully saturated rings. The van der Waals surface area contributed by atoms with Gasteiger partial charge in [0.25, 0.3) is 0 Å². The molecular formula is C25H39FN6O2. The van der Waals surface area contributed by atoms with Gasteiger partial charge in [-0.25, -0.2) is 19.8 Å². The van der Waals surface area contributed by atoms with E-state index < -0.39 is 0 Å². The van der Waals surface area contributed by atoms with E-state index in [9.17, 15) is 4.39 Å². The number of aliphatic hydroxyl groups is 2. The van der Waals surface area contributed by atoms with Gasteiger partial charge >= 0.3 is 0 Å². The summed E-state index contributed by atoms with van der Waals surface area (Å²) in [6.07, 6.45) is 8.92. The number of nitrogens with zero attached hydrogens (tertiary/aromatic N) is 3. The topological polar surface area (TPSA) is 120 Å². The van der Waals surface area contributed by atoms with Gasteiger partial charge in [0.15, 0.2) is 5.82 Å². The number of nitrogens with one attached hydrogen (secondary N) is 2. The van der Waals surface area contributed by atoms with Crippen LogP contribution in [0.15, 0.2) is 48.8 Å². The van der Waals surface area contributed by atoms with Crippen molar-refractivity contribution in [2.75, 3.05) is 45.8 Å². The first kappa shape index (κ1) is 29.3. The lowest BCUT2D eigenvalue weighted by Gasteiger charge is -2.20. The van der Waals surface area contributed by atoms with E-state index in [-0.39, 0.29) is 12.4 Å². The number of anilines is 1. The molecule has 9 heteroatoms. The largest absolute Gasteiger partial charge is 0.400 e. The van der Waals surface area contributed by atoms with Crippen LogP contribution < -0.4 is 16.6 Å². The third-order valence-electron chi connectivity index (χ3n) is 5.16. The van der Waals surface area contributed by atoms with Crippen LogP contribution in [0.5, 0.6) is 0 Å². The zero-order chi connectivity index (χ0) is 25.3. The standard InChI is InChI=1S/C16H24N6O.C8H11F.CH4O/c1-3-12-5-4-6-13-15(12)16(21-18-2)20-14(19-13)11-22(8-7-17)9-10-23;1-2-7-3-5-8(9)6-4-7;1-2/h3-6,18,23H,1,7-11,17H2,2H3,(H,19,20,21);3,5-7H,2,4H2,1H3;2H,1H3. The Morgan fingerprint density at radius 3 is 2.62 bits per heavy atom. The first-order valence-corrected chi connectivity index (χ1v) is 11.4. The van der Waals surface area contributed by atoms with E-state index in [1.165, 1.54) is 0 Å². The molecule has 1 heterocycles. The molecule has 2 aromatic rings. The monoisotopic (exact) mass is 474 g/mol. The molecule has 0 saturated heterocycles. The molecule has 0 bridgehead atoms. The Morgan fingerprint density at radius 2 is 2.06 bits per heavy atom. The van der Waals surface area contributed by atoms with Gasteiger partial charge in [0, 0.05) is 33.8 Å². The molecular weight excluding hydrogens is 435 g/mol. The highest BCUT2D eigenvalue weighted by molar-refractivity contribution is 5.96. The number of hydrogen-bond donors (Lipinski definition) is 5. The van der Waals surface area contributed by atoms with Gasteiger partial charge in [0.2, 0.25) is 0 Å². The van der Waals surface area contributed by atoms with Crippen molar-refractivity contribution in [3.8, 4) is 0 Å². The first-order chi connectivity index (χ1) is 16.6. The Kier molecular flexibility index (Phi) is 14.5. The average molecular weight is 475 g/mol. The van der Waals surface area contributed by atoms with Gasteiger partial charge in [-0.2, -0.15) is 0 Å². The number of hydrogen-bond acceptors (Lipinski definition) is 8. The molecule has 1 unspecified atom stereocenters. The van der Waals surface area contributed by atoms with E-state index in [1.54, 1.807) is 25.3 Å². The van der Waals surface area contributed by atoms with Gasteiger partial charge in [0.05, 0.1) is 24.1 Å². The van der Waals surface area contributed by atoms with E-state index in [2.05, 4.69) is 34.3 Å². The number of nitrogens with two attached hydrogens (primary N) is 1. The number of allylic oxidation sites excluding steroid dienone is 4. The lowest BCUT2D eigenvalue weighted by atomic mass is 9.98. The van der Waals surface area contributed by atoms with Crippen LogP contribution in [0.3, 0.4) is 0 Å². The highest BCUT2D eigenvalue weighted by atomic mass is 19.1. The van der Waals surface area contributed by atoms with Crippen LogP contribution in [0.2, 0.25) is 0 Å². The summed E-state index contributed by atoms with van der Waals surface area (Å²) < 4.78 is 12.3. The minimum atomic E-state index is -0.0836. The van der Waals surface area contributed by atoms with Crippen molar-refractivity contribution in [3.63, 3.8) is 0 Å². The molecule has 6 N–H and O–H groups in total. The normalized spacial score (nSPS) is 14.6. The number of rotatable bonds is 10. The second kappa shape index (κ2) is 16.9. The number of benzene rings is 1. The summed E-state index contributed by atoms with van der Waals surface area (Å²) in [6, 6.07) is 5.88. The van der Waals surface area contributed by atoms with Crippen molar-refractivity contribution in [1.29, 1.82) is 0 Å². The summed E-state index contributed by atoms with van der Waals surface area (Å²) in [5.41, 5.74) is 13.4. The molecule has 3 rings (SSSR count). The van der Waals surface area contributed by atoms with E-state index in [0.29, 0.717) is 43.7 Å². The Balaban J connectivity index is 0.000000437. The summed E-state index contributed by atoms with van der Waals surface area (Å²) in [7, 11) is 2.79. The molecule has 34 heavy (non-hydrogen) atoms. The maximum atomic E-state index is 12.3. The molecule has 0 radical (unpaired) electrons. The molecule has 1 aliphatic rings. The molecule has 188 valence electrons. The van der Waals surface area contributed by atoms with E-state index >= 15 is 0 Å². The van der Waals surface area contributed by atoms with Gasteiger partial charge in [-0.3, -0.25) is 4.90 Å². The Bertz CT molecular complexity index is 929. The number of aliphatic hydroxyl groups excluding tert-OH is 2. The Morgan fingerprint density at radius 1 is 1.29 bits per heavy atom. The first-order valence-electron chi connectivity index (χ1n) is 11.4. The Hall–Kier alpha value is -2.69. The minimum Gasteiger partial charge on any atom is -0.400 e. The van der Waals surface area contributed by atoms with Gasteiger partial charge in [-0.1, -0.05) is 37.8 Å². The smallest absolute Gasteiger partial charge is 0.152 e. The van der Waals surface area contributed by atoms with Crippen molar-refractivity contribution >= 4 is 22.8 Å². The SMILES string of the molecule is C=Cc1cccc2nc(CN(CCN)CCO)nc(NNC)c12.CCC1C=CC(F)=CC1.CO. The van der Waals surface area contributed by atoms with Crippen LogP contribution in [-0.4, -0.2) is 65.5 Å². The zero-order valence-corrected chi connectivity index (χ0v) is 20.5. The molecule has 0 saturated carbocycles. The summed E-state index contributed by atoms with van der Waals surface area (Å²) in [6.45, 7) is 8.33. The molecule has 1 aromatic carbocycles. The zero-order valence-electron chi connectivity index (χ0n) is 20.5. The predicted molar refractivity (Wildman–Crippen MR) is 139 cm³/mol. The fourth-order valence-corrected chi connectivity index (χ4v) is 3.44. The molecule has 0 amide bonds. The van der Waals surface area contributed by atoms with Crippen molar-refractivity contribution in [2.45, 2.75) is 26.3 Å². The summed E-state index contributed by atoms with van der Waals surface area (Å²) in [4.78, 5) is 11.3. The van der Waals surface area contributed by atoms with Crippen LogP contribution in [0, 0.1) is 5.92 Å². The number of halogens is 1. The van der Waals surface area contributed by atoms with Gasteiger partial charge in [-0.15, -0.1) is 0 Å². The maximum absolute atomic E-state index is 12.3. The molecule has 0 aliphatic heterocycles. The van der Waals surface area contributed by atoms with Gasteiger partial charge in [0.1, 0.15) is 11.7 Å². The highest BCUT2D eigenvalue weighted by Crippen LogP contribution is 2.25. The summed E-state index contributed by atoms with van der Waals surface area (Å²) >= 11 is 0. The second-order valence-electron chi connectivity index (χ2n) is 7.45. The second-order valence-corrected chi connectivity index (χ2v) is 7.45. The maximum Gasteiger partial charge on any atom is 0.152 e. The van der Waals surface area contributed by atoms with E-state index in [0.717, 1.165) is 36.4 Å². The molecule has 0 spiro atoms. The quantitative estimate of drug-likeness (QED) is 0.334. The number of aromatic nitrogens is 2. The third-order valence-corrected chi connectivity index (χ3v) is 5.16. The fourth-order valence-electron chi connectivity index (χ4n) is 3.44. The molecule has 8 nitrogen and oxygen atoms in total. The number of hydrazine groups is 1. The lowest BCUT2D eigenvalue weighted by molar-refractivity contribution is 0.191. The minimum absolute atomic E-state index is 0.0792. The van der Waals surface area contributed by atoms with Crippen LogP contribution >= 0.6 is 0 Å². The average Bonchev–Trinajstić information content (AvgIpc) is 2.86. The van der Waals surface area contributed by atoms with Crippen LogP contribution in [0.1, 0.15) is 31.2 Å². The van der Waals surface area contributed by atoms with E-state index in [4.69, 9.17) is 15.9 Å². The van der Waals surface area contributed by atoms with Gasteiger partial charge in [-0.05, 0) is 42.5 Å². The van der Waals surface area contributed by atoms with Crippen LogP contribution in [-0.2, 0) is 6.54 Å². The summed E-state index contributed by atoms with van der Waals surface area (Å²) in [5.74, 6) is 1.88. The summed E-state index contributed by atoms with van der Waals surface area (Å²) in [5, 5.41) is 17.1. The van der Waals surface area contributed by atoms with Crippen molar-refractivity contribution in [3.05, 3.63) is 60.2 Å². The van der Waals surface area contributed by atoms with Crippen LogP contribution in [0.4, 0.5) is 10.2 Å². The fraction of sp³-hybridized carbons (Fsp3) is 0.440. The number of fused-ring (bicyclic) bond motifs is 1. The van der Waals surface area contributed by atoms with Crippen molar-refractivity contribution < 1.29 is 14.6 Å². The lowest BCUT2D eigenvalue weighted by Crippen LogP contribution is -2.32. The Labute approximate surface area is 202 Å². The van der Waals surface area contributed by atoms with Gasteiger partial charge < -0.3 is 21.4 Å². The molecule has 1 aliphatic carbocycles. The molecule has 1 atom stereocenters. The van der Waals surface area contributed by atoms with E-state index in [1.807, 2.05) is 29.2 Å². The third kappa shape index (κ3) is 9.28. The molecule has 1 aromatic heterocycles. The van der Waals surface area contributed by atoms with Crippen LogP contribution in [0.25, 0.3) is 17.0 Å². The van der Waals surface area contributed by atoms with Crippen molar-refractivity contribution in [1.82, 2.24) is 20.3 Å². The predicted octanol–water partition coefficient (Wildman–Crippen LogP) is 3.01. The van der Waals surface area contributed by atoms with Crippen molar-refractivity contribution in [2.24, 2.45) is 11.7 Å².